The molecule has 96 heavy (non-hydrogen) atoms. The van der Waals surface area contributed by atoms with Gasteiger partial charge in [0.15, 0.2) is 0 Å². The van der Waals surface area contributed by atoms with Gasteiger partial charge in [0.2, 0.25) is 0 Å². The second-order valence-corrected chi connectivity index (χ2v) is 25.9. The zero-order valence-corrected chi connectivity index (χ0v) is 53.0. The SMILES string of the molecule is c1ccc(-c2ccc(N(c3cc(-c4ccc5c6c7sc8ccccc8c7ccc6n(-c6ccccc6)c5c4)cc(N(c4ccc(-c5ccccc5)cc4)c4ccc5c(c4)c4ccccc4n5-c4ccccc4)c3)c3ccc4c(c3)c3ccccc3n4-c3ccccc3)cc2)cc1. The van der Waals surface area contributed by atoms with Crippen LogP contribution in [0.5, 0.6) is 0 Å². The fourth-order valence-corrected chi connectivity index (χ4v) is 16.3. The maximum absolute atomic E-state index is 2.48. The third kappa shape index (κ3) is 9.14. The van der Waals surface area contributed by atoms with Crippen LogP contribution in [-0.2, 0) is 0 Å². The molecule has 15 aromatic carbocycles. The number of para-hydroxylation sites is 5. The summed E-state index contributed by atoms with van der Waals surface area (Å²) in [5.41, 5.74) is 23.3. The zero-order chi connectivity index (χ0) is 63.2. The third-order valence-electron chi connectivity index (χ3n) is 19.4. The number of aromatic nitrogens is 3. The maximum Gasteiger partial charge on any atom is 0.0555 e. The van der Waals surface area contributed by atoms with Gasteiger partial charge in [0, 0.05) is 104 Å². The lowest BCUT2D eigenvalue weighted by Crippen LogP contribution is -2.14. The van der Waals surface area contributed by atoms with E-state index in [1.807, 2.05) is 11.3 Å². The minimum absolute atomic E-state index is 1.00. The van der Waals surface area contributed by atoms with Gasteiger partial charge in [-0.1, -0.05) is 212 Å². The van der Waals surface area contributed by atoms with E-state index in [-0.39, 0.29) is 0 Å². The minimum Gasteiger partial charge on any atom is -0.310 e. The first kappa shape index (κ1) is 55.2. The van der Waals surface area contributed by atoms with Gasteiger partial charge >= 0.3 is 0 Å². The van der Waals surface area contributed by atoms with Gasteiger partial charge in [-0.2, -0.15) is 0 Å². The lowest BCUT2D eigenvalue weighted by Gasteiger charge is -2.31. The van der Waals surface area contributed by atoms with Crippen LogP contribution in [0.2, 0.25) is 0 Å². The van der Waals surface area contributed by atoms with Crippen molar-refractivity contribution in [2.45, 2.75) is 0 Å². The molecular weight excluding hydrogens is 1180 g/mol. The second-order valence-electron chi connectivity index (χ2n) is 24.9. The summed E-state index contributed by atoms with van der Waals surface area (Å²) in [7, 11) is 0. The summed E-state index contributed by atoms with van der Waals surface area (Å²) < 4.78 is 9.88. The van der Waals surface area contributed by atoms with Crippen molar-refractivity contribution in [3.63, 3.8) is 0 Å². The molecular formula is C90H59N5S. The molecule has 0 amide bonds. The Hall–Kier alpha value is -12.5. The van der Waals surface area contributed by atoms with Crippen molar-refractivity contribution in [3.05, 3.63) is 358 Å². The minimum atomic E-state index is 1.00. The summed E-state index contributed by atoms with van der Waals surface area (Å²) in [5, 5.41) is 9.80. The van der Waals surface area contributed by atoms with Crippen molar-refractivity contribution in [2.24, 2.45) is 0 Å². The van der Waals surface area contributed by atoms with Gasteiger partial charge in [-0.05, 0) is 179 Å². The van der Waals surface area contributed by atoms with E-state index in [1.165, 1.54) is 69.1 Å². The number of benzene rings is 15. The first-order chi connectivity index (χ1) is 47.6. The molecule has 19 rings (SSSR count). The Morgan fingerprint density at radius 2 is 0.573 bits per heavy atom. The average molecular weight is 1240 g/mol. The molecule has 5 nitrogen and oxygen atoms in total. The van der Waals surface area contributed by atoms with Gasteiger partial charge < -0.3 is 23.5 Å². The first-order valence-electron chi connectivity index (χ1n) is 32.8. The van der Waals surface area contributed by atoms with Crippen molar-refractivity contribution in [1.82, 2.24) is 13.7 Å². The summed E-state index contributed by atoms with van der Waals surface area (Å²) in [6.07, 6.45) is 0. The van der Waals surface area contributed by atoms with Crippen LogP contribution in [0.25, 0.3) is 136 Å². The summed E-state index contributed by atoms with van der Waals surface area (Å²) in [6, 6.07) is 132. The van der Waals surface area contributed by atoms with E-state index in [0.717, 1.165) is 101 Å². The first-order valence-corrected chi connectivity index (χ1v) is 33.6. The highest BCUT2D eigenvalue weighted by Gasteiger charge is 2.25. The molecule has 0 radical (unpaired) electrons. The second kappa shape index (κ2) is 22.7. The van der Waals surface area contributed by atoms with Crippen LogP contribution in [0, 0.1) is 0 Å². The predicted molar refractivity (Wildman–Crippen MR) is 408 cm³/mol. The van der Waals surface area contributed by atoms with Crippen LogP contribution in [-0.4, -0.2) is 13.7 Å². The number of thiophene rings is 1. The molecule has 0 N–H and O–H groups in total. The van der Waals surface area contributed by atoms with Crippen molar-refractivity contribution in [3.8, 4) is 50.4 Å². The Morgan fingerprint density at radius 1 is 0.198 bits per heavy atom. The standard InChI is InChI=1S/C90H59N5S/c1-6-22-60(23-7-1)62-38-43-69(44-39-62)91(71-47-51-84-80(58-71)75-32-16-19-35-82(75)93(84)66-26-10-3-11-27-66)73-54-65(64-42-49-79-87(56-64)95(68-30-14-5-15-31-68)86-53-50-78-77-34-18-21-37-88(77)96-90(78)89(79)86)55-74(57-73)92(70-45-40-63(41-46-70)61-24-8-2-9-25-61)72-48-52-85-81(59-72)76-33-17-20-36-83(76)94(85)67-28-12-4-13-29-67/h1-59H. The van der Waals surface area contributed by atoms with Crippen LogP contribution >= 0.6 is 11.3 Å². The van der Waals surface area contributed by atoms with Crippen LogP contribution in [0.3, 0.4) is 0 Å². The van der Waals surface area contributed by atoms with E-state index in [4.69, 9.17) is 0 Å². The lowest BCUT2D eigenvalue weighted by molar-refractivity contribution is 1.18. The Kier molecular flexibility index (Phi) is 13.0. The molecule has 450 valence electrons. The fraction of sp³-hybridized carbons (Fsp3) is 0. The Bertz CT molecular complexity index is 5910. The van der Waals surface area contributed by atoms with Crippen LogP contribution in [0.1, 0.15) is 0 Å². The molecule has 0 saturated carbocycles. The molecule has 4 aromatic heterocycles. The normalized spacial score (nSPS) is 11.8. The number of nitrogens with zero attached hydrogens (tertiary/aromatic N) is 5. The van der Waals surface area contributed by atoms with E-state index in [0.29, 0.717) is 0 Å². The van der Waals surface area contributed by atoms with E-state index in [1.54, 1.807) is 0 Å². The van der Waals surface area contributed by atoms with Crippen molar-refractivity contribution >= 4 is 131 Å². The molecule has 0 saturated heterocycles. The summed E-state index contributed by atoms with van der Waals surface area (Å²) in [4.78, 5) is 4.95. The molecule has 0 aliphatic heterocycles. The number of anilines is 6. The number of rotatable bonds is 12. The fourth-order valence-electron chi connectivity index (χ4n) is 15.0. The number of hydrogen-bond donors (Lipinski definition) is 0. The maximum atomic E-state index is 2.48. The molecule has 6 heteroatoms. The molecule has 0 unspecified atom stereocenters. The highest BCUT2D eigenvalue weighted by atomic mass is 32.1. The monoisotopic (exact) mass is 1240 g/mol. The Labute approximate surface area is 559 Å². The Morgan fingerprint density at radius 3 is 1.07 bits per heavy atom. The Balaban J connectivity index is 0.894. The lowest BCUT2D eigenvalue weighted by atomic mass is 9.99. The molecule has 0 fully saturated rings. The zero-order valence-electron chi connectivity index (χ0n) is 52.2. The average Bonchev–Trinajstić information content (AvgIpc) is 1.55. The quantitative estimate of drug-likeness (QED) is 0.122. The van der Waals surface area contributed by atoms with E-state index >= 15 is 0 Å². The molecule has 0 spiro atoms. The van der Waals surface area contributed by atoms with Gasteiger partial charge in [-0.15, -0.1) is 11.3 Å². The van der Waals surface area contributed by atoms with Crippen LogP contribution in [0.15, 0.2) is 358 Å². The summed E-state index contributed by atoms with van der Waals surface area (Å²) in [6.45, 7) is 0. The van der Waals surface area contributed by atoms with Crippen molar-refractivity contribution in [2.75, 3.05) is 9.80 Å². The number of fused-ring (bicyclic) bond motifs is 13. The van der Waals surface area contributed by atoms with Crippen molar-refractivity contribution < 1.29 is 0 Å². The highest BCUT2D eigenvalue weighted by molar-refractivity contribution is 7.26. The molecule has 0 aliphatic carbocycles. The highest BCUT2D eigenvalue weighted by Crippen LogP contribution is 2.49. The molecule has 19 aromatic rings. The molecule has 4 heterocycles. The van der Waals surface area contributed by atoms with Crippen LogP contribution in [0.4, 0.5) is 34.1 Å². The number of hydrogen-bond acceptors (Lipinski definition) is 3. The van der Waals surface area contributed by atoms with E-state index < -0.39 is 0 Å². The smallest absolute Gasteiger partial charge is 0.0555 e. The summed E-state index contributed by atoms with van der Waals surface area (Å²) in [5.74, 6) is 0. The van der Waals surface area contributed by atoms with E-state index in [9.17, 15) is 0 Å². The molecule has 0 atom stereocenters. The van der Waals surface area contributed by atoms with Gasteiger partial charge in [-0.25, -0.2) is 0 Å². The van der Waals surface area contributed by atoms with Gasteiger partial charge in [0.25, 0.3) is 0 Å². The molecule has 0 bridgehead atoms. The van der Waals surface area contributed by atoms with Gasteiger partial charge in [0.1, 0.15) is 0 Å². The van der Waals surface area contributed by atoms with Gasteiger partial charge in [0.05, 0.1) is 33.1 Å². The molecule has 0 aliphatic rings. The van der Waals surface area contributed by atoms with Crippen molar-refractivity contribution in [1.29, 1.82) is 0 Å². The third-order valence-corrected chi connectivity index (χ3v) is 20.6. The predicted octanol–water partition coefficient (Wildman–Crippen LogP) is 25.3. The largest absolute Gasteiger partial charge is 0.310 e. The van der Waals surface area contributed by atoms with Crippen LogP contribution < -0.4 is 9.80 Å². The summed E-state index contributed by atoms with van der Waals surface area (Å²) >= 11 is 1.89. The van der Waals surface area contributed by atoms with Gasteiger partial charge in [-0.3, -0.25) is 0 Å². The van der Waals surface area contributed by atoms with E-state index in [2.05, 4.69) is 381 Å². The topological polar surface area (TPSA) is 21.3 Å².